The van der Waals surface area contributed by atoms with E-state index in [1.807, 2.05) is 45.3 Å². The minimum Gasteiger partial charge on any atom is -0.349 e. The van der Waals surface area contributed by atoms with Crippen LogP contribution < -0.4 is 10.6 Å². The summed E-state index contributed by atoms with van der Waals surface area (Å²) in [6, 6.07) is 7.32. The Balaban J connectivity index is 1.87. The number of anilines is 1. The lowest BCUT2D eigenvalue weighted by Gasteiger charge is -2.21. The zero-order valence-electron chi connectivity index (χ0n) is 16.4. The van der Waals surface area contributed by atoms with E-state index < -0.39 is 0 Å². The molecule has 28 heavy (non-hydrogen) atoms. The number of carbonyl (C=O) groups excluding carboxylic acids is 2. The van der Waals surface area contributed by atoms with Crippen molar-refractivity contribution in [1.82, 2.24) is 20.4 Å². The molecule has 0 aliphatic rings. The van der Waals surface area contributed by atoms with Gasteiger partial charge in [0.15, 0.2) is 0 Å². The van der Waals surface area contributed by atoms with Crippen molar-refractivity contribution < 1.29 is 9.59 Å². The standard InChI is InChI=1S/C19H26ClN5O2S/c1-4-18-23-24-19(28-18)22-17(27)10-9-16(26)21-15(11-12-25(2)3)13-5-7-14(20)8-6-13/h5-8,15H,4,9-12H2,1-3H3,(H,21,26)(H,22,24,27). The number of nitrogens with zero attached hydrogens (tertiary/aromatic N) is 3. The molecule has 0 aliphatic carbocycles. The first-order valence-corrected chi connectivity index (χ1v) is 10.4. The number of halogens is 1. The van der Waals surface area contributed by atoms with Gasteiger partial charge in [0.1, 0.15) is 5.01 Å². The highest BCUT2D eigenvalue weighted by molar-refractivity contribution is 7.15. The highest BCUT2D eigenvalue weighted by Crippen LogP contribution is 2.20. The largest absolute Gasteiger partial charge is 0.349 e. The summed E-state index contributed by atoms with van der Waals surface area (Å²) in [5.41, 5.74) is 0.991. The zero-order valence-corrected chi connectivity index (χ0v) is 17.9. The summed E-state index contributed by atoms with van der Waals surface area (Å²) in [5, 5.41) is 15.6. The molecule has 0 fully saturated rings. The second kappa shape index (κ2) is 11.1. The lowest BCUT2D eigenvalue weighted by Crippen LogP contribution is -2.31. The van der Waals surface area contributed by atoms with Gasteiger partial charge in [-0.15, -0.1) is 10.2 Å². The highest BCUT2D eigenvalue weighted by atomic mass is 35.5. The molecule has 152 valence electrons. The van der Waals surface area contributed by atoms with Crippen LogP contribution in [0.3, 0.4) is 0 Å². The Morgan fingerprint density at radius 3 is 2.43 bits per heavy atom. The Hall–Kier alpha value is -2.03. The maximum atomic E-state index is 12.4. The number of rotatable bonds is 10. The highest BCUT2D eigenvalue weighted by Gasteiger charge is 2.16. The number of benzene rings is 1. The molecule has 2 N–H and O–H groups in total. The zero-order chi connectivity index (χ0) is 20.5. The van der Waals surface area contributed by atoms with E-state index in [2.05, 4.69) is 25.7 Å². The predicted molar refractivity (Wildman–Crippen MR) is 113 cm³/mol. The molecule has 0 radical (unpaired) electrons. The summed E-state index contributed by atoms with van der Waals surface area (Å²) in [4.78, 5) is 26.5. The van der Waals surface area contributed by atoms with E-state index in [4.69, 9.17) is 11.6 Å². The van der Waals surface area contributed by atoms with Gasteiger partial charge in [-0.3, -0.25) is 9.59 Å². The lowest BCUT2D eigenvalue weighted by molar-refractivity contribution is -0.125. The van der Waals surface area contributed by atoms with Crippen LogP contribution in [-0.4, -0.2) is 47.6 Å². The van der Waals surface area contributed by atoms with Crippen molar-refractivity contribution in [2.75, 3.05) is 26.0 Å². The van der Waals surface area contributed by atoms with E-state index in [0.29, 0.717) is 10.2 Å². The minimum absolute atomic E-state index is 0.0912. The number of hydrogen-bond acceptors (Lipinski definition) is 6. The van der Waals surface area contributed by atoms with E-state index in [9.17, 15) is 9.59 Å². The van der Waals surface area contributed by atoms with Crippen molar-refractivity contribution in [2.24, 2.45) is 0 Å². The van der Waals surface area contributed by atoms with Crippen LogP contribution >= 0.6 is 22.9 Å². The topological polar surface area (TPSA) is 87.2 Å². The van der Waals surface area contributed by atoms with E-state index >= 15 is 0 Å². The number of carbonyl (C=O) groups is 2. The molecule has 2 aromatic rings. The van der Waals surface area contributed by atoms with Gasteiger partial charge in [0.2, 0.25) is 16.9 Å². The SMILES string of the molecule is CCc1nnc(NC(=O)CCC(=O)NC(CCN(C)C)c2ccc(Cl)cc2)s1. The van der Waals surface area contributed by atoms with E-state index in [-0.39, 0.29) is 30.7 Å². The molecule has 1 aromatic heterocycles. The summed E-state index contributed by atoms with van der Waals surface area (Å²) >= 11 is 7.31. The quantitative estimate of drug-likeness (QED) is 0.612. The van der Waals surface area contributed by atoms with Gasteiger partial charge in [0, 0.05) is 17.9 Å². The van der Waals surface area contributed by atoms with Gasteiger partial charge in [0.25, 0.3) is 0 Å². The van der Waals surface area contributed by atoms with Crippen LogP contribution in [0.4, 0.5) is 5.13 Å². The van der Waals surface area contributed by atoms with Gasteiger partial charge in [-0.1, -0.05) is 42.0 Å². The second-order valence-corrected chi connectivity index (χ2v) is 8.16. The van der Waals surface area contributed by atoms with Crippen molar-refractivity contribution >= 4 is 39.9 Å². The summed E-state index contributed by atoms with van der Waals surface area (Å²) < 4.78 is 0. The Kier molecular flexibility index (Phi) is 8.82. The van der Waals surface area contributed by atoms with E-state index in [1.54, 1.807) is 0 Å². The smallest absolute Gasteiger partial charge is 0.226 e. The molecule has 0 spiro atoms. The maximum Gasteiger partial charge on any atom is 0.226 e. The maximum absolute atomic E-state index is 12.4. The van der Waals surface area contributed by atoms with Gasteiger partial charge in [-0.05, 0) is 51.2 Å². The summed E-state index contributed by atoms with van der Waals surface area (Å²) in [7, 11) is 3.98. The van der Waals surface area contributed by atoms with Crippen molar-refractivity contribution in [3.05, 3.63) is 39.9 Å². The number of aromatic nitrogens is 2. The predicted octanol–water partition coefficient (Wildman–Crippen LogP) is 3.28. The van der Waals surface area contributed by atoms with Crippen LogP contribution in [0.25, 0.3) is 0 Å². The lowest BCUT2D eigenvalue weighted by atomic mass is 10.0. The van der Waals surface area contributed by atoms with Gasteiger partial charge < -0.3 is 15.5 Å². The third-order valence-electron chi connectivity index (χ3n) is 4.07. The Morgan fingerprint density at radius 2 is 1.82 bits per heavy atom. The molecule has 1 aromatic carbocycles. The molecule has 1 unspecified atom stereocenters. The van der Waals surface area contributed by atoms with Crippen molar-refractivity contribution in [3.8, 4) is 0 Å². The first-order valence-electron chi connectivity index (χ1n) is 9.19. The van der Waals surface area contributed by atoms with Crippen LogP contribution in [0, 0.1) is 0 Å². The molecule has 1 atom stereocenters. The molecule has 1 heterocycles. The molecular weight excluding hydrogens is 398 g/mol. The van der Waals surface area contributed by atoms with Gasteiger partial charge in [-0.25, -0.2) is 0 Å². The Bertz CT molecular complexity index is 779. The van der Waals surface area contributed by atoms with Gasteiger partial charge in [0.05, 0.1) is 6.04 Å². The molecule has 2 rings (SSSR count). The molecule has 0 saturated heterocycles. The monoisotopic (exact) mass is 423 g/mol. The molecule has 9 heteroatoms. The molecular formula is C19H26ClN5O2S. The molecule has 0 bridgehead atoms. The number of amides is 2. The third-order valence-corrected chi connectivity index (χ3v) is 5.30. The Labute approximate surface area is 174 Å². The van der Waals surface area contributed by atoms with Crippen molar-refractivity contribution in [1.29, 1.82) is 0 Å². The summed E-state index contributed by atoms with van der Waals surface area (Å²) in [5.74, 6) is -0.411. The molecule has 0 saturated carbocycles. The summed E-state index contributed by atoms with van der Waals surface area (Å²) in [6.45, 7) is 2.80. The number of nitrogens with one attached hydrogen (secondary N) is 2. The average Bonchev–Trinajstić information content (AvgIpc) is 3.11. The van der Waals surface area contributed by atoms with Crippen molar-refractivity contribution in [3.63, 3.8) is 0 Å². The van der Waals surface area contributed by atoms with Crippen LogP contribution in [0.5, 0.6) is 0 Å². The normalized spacial score (nSPS) is 12.0. The van der Waals surface area contributed by atoms with Crippen LogP contribution in [0.1, 0.15) is 42.8 Å². The first-order chi connectivity index (χ1) is 13.4. The van der Waals surface area contributed by atoms with Gasteiger partial charge in [-0.2, -0.15) is 0 Å². The third kappa shape index (κ3) is 7.53. The molecule has 7 nitrogen and oxygen atoms in total. The molecule has 2 amide bonds. The molecule has 0 aliphatic heterocycles. The fourth-order valence-electron chi connectivity index (χ4n) is 2.53. The minimum atomic E-state index is -0.245. The average molecular weight is 424 g/mol. The summed E-state index contributed by atoms with van der Waals surface area (Å²) in [6.07, 6.45) is 1.73. The van der Waals surface area contributed by atoms with Crippen molar-refractivity contribution in [2.45, 2.75) is 38.6 Å². The van der Waals surface area contributed by atoms with Crippen LogP contribution in [0.15, 0.2) is 24.3 Å². The fourth-order valence-corrected chi connectivity index (χ4v) is 3.35. The number of hydrogen-bond donors (Lipinski definition) is 2. The van der Waals surface area contributed by atoms with E-state index in [1.165, 1.54) is 11.3 Å². The van der Waals surface area contributed by atoms with Gasteiger partial charge >= 0.3 is 0 Å². The number of aryl methyl sites for hydroxylation is 1. The van der Waals surface area contributed by atoms with E-state index in [0.717, 1.165) is 30.0 Å². The van der Waals surface area contributed by atoms with Crippen LogP contribution in [0.2, 0.25) is 5.02 Å². The fraction of sp³-hybridized carbons (Fsp3) is 0.474. The second-order valence-electron chi connectivity index (χ2n) is 6.67. The van der Waals surface area contributed by atoms with Crippen LogP contribution in [-0.2, 0) is 16.0 Å². The first kappa shape index (κ1) is 22.3. The Morgan fingerprint density at radius 1 is 1.14 bits per heavy atom.